The highest BCUT2D eigenvalue weighted by Gasteiger charge is 2.25. The van der Waals surface area contributed by atoms with Crippen molar-refractivity contribution in [3.8, 4) is 0 Å². The quantitative estimate of drug-likeness (QED) is 0.831. The molecule has 2 aliphatic rings. The first-order valence-electron chi connectivity index (χ1n) is 6.82. The summed E-state index contributed by atoms with van der Waals surface area (Å²) < 4.78 is 0. The van der Waals surface area contributed by atoms with E-state index in [9.17, 15) is 0 Å². The molecule has 0 bridgehead atoms. The lowest BCUT2D eigenvalue weighted by atomic mass is 10.1. The van der Waals surface area contributed by atoms with Crippen LogP contribution in [-0.4, -0.2) is 54.6 Å². The van der Waals surface area contributed by atoms with Crippen LogP contribution in [-0.2, 0) is 0 Å². The molecule has 1 N–H and O–H groups in total. The molecule has 0 amide bonds. The van der Waals surface area contributed by atoms with Crippen molar-refractivity contribution in [3.05, 3.63) is 18.1 Å². The minimum atomic E-state index is 0.397. The van der Waals surface area contributed by atoms with Crippen LogP contribution >= 0.6 is 0 Å². The summed E-state index contributed by atoms with van der Waals surface area (Å²) in [5.74, 6) is 1.09. The topological polar surface area (TPSA) is 44.3 Å². The maximum absolute atomic E-state index is 4.58. The first kappa shape index (κ1) is 11.9. The van der Waals surface area contributed by atoms with Gasteiger partial charge in [-0.2, -0.15) is 0 Å². The fraction of sp³-hybridized carbons (Fsp3) is 0.692. The molecule has 1 unspecified atom stereocenters. The molecule has 2 saturated heterocycles. The van der Waals surface area contributed by atoms with Gasteiger partial charge < -0.3 is 15.1 Å². The van der Waals surface area contributed by atoms with Gasteiger partial charge in [-0.25, -0.2) is 4.98 Å². The summed E-state index contributed by atoms with van der Waals surface area (Å²) in [6, 6.07) is 0.397. The third-order valence-corrected chi connectivity index (χ3v) is 3.90. The first-order valence-corrected chi connectivity index (χ1v) is 6.82. The normalized spacial score (nSPS) is 25.6. The number of anilines is 1. The van der Waals surface area contributed by atoms with Crippen LogP contribution in [0.25, 0.3) is 0 Å². The van der Waals surface area contributed by atoms with E-state index in [1.54, 1.807) is 0 Å². The summed E-state index contributed by atoms with van der Waals surface area (Å²) in [4.78, 5) is 13.9. The predicted molar refractivity (Wildman–Crippen MR) is 71.7 cm³/mol. The van der Waals surface area contributed by atoms with Crippen molar-refractivity contribution < 1.29 is 0 Å². The summed E-state index contributed by atoms with van der Waals surface area (Å²) in [6.45, 7) is 5.41. The second-order valence-electron chi connectivity index (χ2n) is 5.20. The van der Waals surface area contributed by atoms with Crippen molar-refractivity contribution >= 4 is 5.82 Å². The van der Waals surface area contributed by atoms with E-state index in [1.165, 1.54) is 12.8 Å². The van der Waals surface area contributed by atoms with Gasteiger partial charge >= 0.3 is 0 Å². The Kier molecular flexibility index (Phi) is 3.43. The molecular formula is C13H21N5. The average Bonchev–Trinajstić information content (AvgIpc) is 2.93. The Balaban J connectivity index is 1.82. The summed E-state index contributed by atoms with van der Waals surface area (Å²) >= 11 is 0. The SMILES string of the molecule is CN1CCN(c2nccnc2C2CCCN2)CC1. The van der Waals surface area contributed by atoms with Crippen LogP contribution in [0.5, 0.6) is 0 Å². The molecule has 1 aromatic rings. The van der Waals surface area contributed by atoms with Crippen molar-refractivity contribution in [1.29, 1.82) is 0 Å². The molecule has 2 aliphatic heterocycles. The summed E-state index contributed by atoms with van der Waals surface area (Å²) in [5, 5.41) is 3.52. The third-order valence-electron chi connectivity index (χ3n) is 3.90. The molecule has 98 valence electrons. The Bertz CT molecular complexity index is 394. The maximum atomic E-state index is 4.58. The lowest BCUT2D eigenvalue weighted by Gasteiger charge is -2.34. The van der Waals surface area contributed by atoms with E-state index in [-0.39, 0.29) is 0 Å². The summed E-state index contributed by atoms with van der Waals surface area (Å²) in [7, 11) is 2.17. The van der Waals surface area contributed by atoms with Gasteiger partial charge in [-0.1, -0.05) is 0 Å². The van der Waals surface area contributed by atoms with E-state index < -0.39 is 0 Å². The van der Waals surface area contributed by atoms with Crippen LogP contribution in [0, 0.1) is 0 Å². The van der Waals surface area contributed by atoms with Crippen LogP contribution < -0.4 is 10.2 Å². The van der Waals surface area contributed by atoms with E-state index in [0.717, 1.165) is 44.2 Å². The maximum Gasteiger partial charge on any atom is 0.152 e. The molecule has 2 fully saturated rings. The smallest absolute Gasteiger partial charge is 0.152 e. The van der Waals surface area contributed by atoms with Crippen LogP contribution in [0.4, 0.5) is 5.82 Å². The number of nitrogens with one attached hydrogen (secondary N) is 1. The lowest BCUT2D eigenvalue weighted by Crippen LogP contribution is -2.45. The van der Waals surface area contributed by atoms with Crippen molar-refractivity contribution in [2.45, 2.75) is 18.9 Å². The van der Waals surface area contributed by atoms with Crippen LogP contribution in [0.15, 0.2) is 12.4 Å². The number of hydrogen-bond acceptors (Lipinski definition) is 5. The molecule has 0 spiro atoms. The van der Waals surface area contributed by atoms with Gasteiger partial charge in [0.05, 0.1) is 11.7 Å². The zero-order chi connectivity index (χ0) is 12.4. The van der Waals surface area contributed by atoms with Gasteiger partial charge in [-0.15, -0.1) is 0 Å². The number of nitrogens with zero attached hydrogens (tertiary/aromatic N) is 4. The largest absolute Gasteiger partial charge is 0.352 e. The number of likely N-dealkylation sites (N-methyl/N-ethyl adjacent to an activating group) is 1. The molecule has 0 radical (unpaired) electrons. The van der Waals surface area contributed by atoms with E-state index >= 15 is 0 Å². The van der Waals surface area contributed by atoms with Crippen LogP contribution in [0.1, 0.15) is 24.6 Å². The summed E-state index contributed by atoms with van der Waals surface area (Å²) in [6.07, 6.45) is 6.05. The Hall–Kier alpha value is -1.20. The molecule has 0 saturated carbocycles. The molecule has 18 heavy (non-hydrogen) atoms. The highest BCUT2D eigenvalue weighted by molar-refractivity contribution is 5.45. The Labute approximate surface area is 108 Å². The molecular weight excluding hydrogens is 226 g/mol. The van der Waals surface area contributed by atoms with Gasteiger partial charge in [0.15, 0.2) is 5.82 Å². The average molecular weight is 247 g/mol. The van der Waals surface area contributed by atoms with E-state index in [1.807, 2.05) is 12.4 Å². The molecule has 1 atom stereocenters. The Morgan fingerprint density at radius 2 is 1.94 bits per heavy atom. The Morgan fingerprint density at radius 3 is 2.67 bits per heavy atom. The van der Waals surface area contributed by atoms with E-state index in [4.69, 9.17) is 0 Å². The minimum Gasteiger partial charge on any atom is -0.352 e. The third kappa shape index (κ3) is 2.33. The van der Waals surface area contributed by atoms with Gasteiger partial charge in [0, 0.05) is 38.6 Å². The zero-order valence-corrected chi connectivity index (χ0v) is 11.0. The molecule has 0 aliphatic carbocycles. The second-order valence-corrected chi connectivity index (χ2v) is 5.20. The highest BCUT2D eigenvalue weighted by atomic mass is 15.3. The van der Waals surface area contributed by atoms with Crippen molar-refractivity contribution in [3.63, 3.8) is 0 Å². The van der Waals surface area contributed by atoms with Gasteiger partial charge in [0.25, 0.3) is 0 Å². The molecule has 5 heteroatoms. The number of piperazine rings is 1. The van der Waals surface area contributed by atoms with Gasteiger partial charge in [0.2, 0.25) is 0 Å². The molecule has 1 aromatic heterocycles. The second kappa shape index (κ2) is 5.20. The summed E-state index contributed by atoms with van der Waals surface area (Å²) in [5.41, 5.74) is 1.14. The minimum absolute atomic E-state index is 0.397. The lowest BCUT2D eigenvalue weighted by molar-refractivity contribution is 0.311. The van der Waals surface area contributed by atoms with Crippen molar-refractivity contribution in [2.24, 2.45) is 0 Å². The number of aromatic nitrogens is 2. The predicted octanol–water partition coefficient (Wildman–Crippen LogP) is 0.653. The standard InChI is InChI=1S/C13H21N5/c1-17-7-9-18(10-8-17)13-12(15-5-6-16-13)11-3-2-4-14-11/h5-6,11,14H,2-4,7-10H2,1H3. The fourth-order valence-electron chi connectivity index (χ4n) is 2.77. The van der Waals surface area contributed by atoms with Gasteiger partial charge in [-0.05, 0) is 26.4 Å². The first-order chi connectivity index (χ1) is 8.84. The van der Waals surface area contributed by atoms with Crippen LogP contribution in [0.3, 0.4) is 0 Å². The fourth-order valence-corrected chi connectivity index (χ4v) is 2.77. The molecule has 5 nitrogen and oxygen atoms in total. The highest BCUT2D eigenvalue weighted by Crippen LogP contribution is 2.28. The van der Waals surface area contributed by atoms with E-state index in [0.29, 0.717) is 6.04 Å². The Morgan fingerprint density at radius 1 is 1.17 bits per heavy atom. The van der Waals surface area contributed by atoms with Crippen molar-refractivity contribution in [1.82, 2.24) is 20.2 Å². The number of hydrogen-bond donors (Lipinski definition) is 1. The number of rotatable bonds is 2. The zero-order valence-electron chi connectivity index (χ0n) is 11.0. The van der Waals surface area contributed by atoms with Crippen LogP contribution in [0.2, 0.25) is 0 Å². The monoisotopic (exact) mass is 247 g/mol. The van der Waals surface area contributed by atoms with Gasteiger partial charge in [0.1, 0.15) is 0 Å². The van der Waals surface area contributed by atoms with Crippen molar-refractivity contribution in [2.75, 3.05) is 44.7 Å². The van der Waals surface area contributed by atoms with E-state index in [2.05, 4.69) is 32.1 Å². The van der Waals surface area contributed by atoms with Gasteiger partial charge in [-0.3, -0.25) is 4.98 Å². The molecule has 0 aromatic carbocycles. The molecule has 3 rings (SSSR count). The molecule has 3 heterocycles.